The molecule has 0 saturated heterocycles. The van der Waals surface area contributed by atoms with Gasteiger partial charge in [0.2, 0.25) is 21.8 Å². The maximum atomic E-state index is 15.6. The molecule has 2 aromatic carbocycles. The summed E-state index contributed by atoms with van der Waals surface area (Å²) in [6, 6.07) is 5.70. The first-order valence-electron chi connectivity index (χ1n) is 20.3. The van der Waals surface area contributed by atoms with Crippen LogP contribution >= 0.6 is 0 Å². The lowest BCUT2D eigenvalue weighted by molar-refractivity contribution is -0.158. The number of primary sulfonamides is 1. The molecule has 20 heteroatoms. The summed E-state index contributed by atoms with van der Waals surface area (Å²) in [4.78, 5) is 35.0. The summed E-state index contributed by atoms with van der Waals surface area (Å²) in [5, 5.41) is 12.7. The topological polar surface area (TPSA) is 219 Å². The highest BCUT2D eigenvalue weighted by Gasteiger charge is 2.37. The van der Waals surface area contributed by atoms with Crippen molar-refractivity contribution in [2.45, 2.75) is 139 Å². The minimum absolute atomic E-state index is 0.0112. The van der Waals surface area contributed by atoms with Crippen molar-refractivity contribution in [2.75, 3.05) is 44.0 Å². The van der Waals surface area contributed by atoms with E-state index >= 15 is 8.78 Å². The molecular weight excluding hydrogens is 846 g/mol. The third-order valence-corrected chi connectivity index (χ3v) is 11.8. The second-order valence-corrected chi connectivity index (χ2v) is 20.4. The van der Waals surface area contributed by atoms with Crippen molar-refractivity contribution in [2.24, 2.45) is 5.14 Å². The van der Waals surface area contributed by atoms with E-state index in [1.165, 1.54) is 0 Å². The van der Waals surface area contributed by atoms with E-state index in [1.54, 1.807) is 32.9 Å². The second kappa shape index (κ2) is 22.9. The van der Waals surface area contributed by atoms with Gasteiger partial charge in [-0.05, 0) is 72.1 Å². The van der Waals surface area contributed by atoms with Gasteiger partial charge in [0.25, 0.3) is 0 Å². The molecule has 0 unspecified atom stereocenters. The smallest absolute Gasteiger partial charge is 0.329 e. The molecule has 2 amide bonds. The van der Waals surface area contributed by atoms with E-state index in [4.69, 9.17) is 24.1 Å². The van der Waals surface area contributed by atoms with E-state index in [2.05, 4.69) is 16.0 Å². The molecule has 5 N–H and O–H groups in total. The number of amides is 2. The number of sulfonamides is 1. The Labute approximate surface area is 357 Å². The van der Waals surface area contributed by atoms with Gasteiger partial charge in [-0.1, -0.05) is 44.2 Å². The van der Waals surface area contributed by atoms with Crippen LogP contribution in [-0.2, 0) is 54.9 Å². The molecule has 1 atom stereocenters. The molecule has 0 heterocycles. The molecule has 0 spiro atoms. The number of carbonyl (C=O) groups is 3. The Morgan fingerprint density at radius 2 is 1.33 bits per heavy atom. The Hall–Kier alpha value is -3.98. The lowest BCUT2D eigenvalue weighted by atomic mass is 9.96. The minimum atomic E-state index is -5.14. The number of hydrogen-bond acceptors (Lipinski definition) is 12. The summed E-state index contributed by atoms with van der Waals surface area (Å²) in [6.07, 6.45) is 4.35. The Bertz CT molecular complexity index is 2020. The van der Waals surface area contributed by atoms with Crippen LogP contribution in [0.25, 0.3) is 0 Å². The summed E-state index contributed by atoms with van der Waals surface area (Å²) in [5.74, 6) is -8.45. The molecule has 0 aromatic heterocycles. The molecule has 1 aliphatic rings. The zero-order chi connectivity index (χ0) is 45.6. The van der Waals surface area contributed by atoms with Crippen molar-refractivity contribution in [1.82, 2.24) is 10.6 Å². The summed E-state index contributed by atoms with van der Waals surface area (Å²) in [6.45, 7) is 11.1. The van der Waals surface area contributed by atoms with E-state index in [9.17, 15) is 35.6 Å². The quantitative estimate of drug-likeness (QED) is 0.0720. The first-order chi connectivity index (χ1) is 28.4. The molecule has 344 valence electrons. The third kappa shape index (κ3) is 17.7. The third-order valence-electron chi connectivity index (χ3n) is 9.11. The van der Waals surface area contributed by atoms with Gasteiger partial charge in [-0.2, -0.15) is 0 Å². The van der Waals surface area contributed by atoms with Crippen LogP contribution in [0.15, 0.2) is 34.1 Å². The lowest BCUT2D eigenvalue weighted by Gasteiger charge is -2.25. The average Bonchev–Trinajstić information content (AvgIpc) is 3.11. The number of benzene rings is 2. The Kier molecular flexibility index (Phi) is 19.3. The first-order valence-corrected chi connectivity index (χ1v) is 23.5. The van der Waals surface area contributed by atoms with Crippen molar-refractivity contribution in [3.63, 3.8) is 0 Å². The number of nitrogens with two attached hydrogens (primary N) is 1. The van der Waals surface area contributed by atoms with Gasteiger partial charge in [0.15, 0.2) is 32.2 Å². The van der Waals surface area contributed by atoms with Gasteiger partial charge in [-0.15, -0.1) is 0 Å². The summed E-state index contributed by atoms with van der Waals surface area (Å²) in [5.41, 5.74) is -1.41. The predicted octanol–water partition coefficient (Wildman–Crippen LogP) is 5.23. The SMILES string of the molecule is CC(C)(C)OC(=O)[C@H](Cc1ccc(OC(C)(C)C)cc1)NC(=O)CCOCCOCCNC(=O)CCS(=O)(=O)c1c(F)c(F)c(S(N)(=O)=O)c(F)c1NC1CCCCCCC1. The zero-order valence-corrected chi connectivity index (χ0v) is 37.4. The highest BCUT2D eigenvalue weighted by Crippen LogP contribution is 2.37. The molecule has 0 radical (unpaired) electrons. The Morgan fingerprint density at radius 3 is 1.90 bits per heavy atom. The fraction of sp³-hybridized carbons (Fsp3) is 0.634. The van der Waals surface area contributed by atoms with Gasteiger partial charge in [0.05, 0.1) is 37.9 Å². The van der Waals surface area contributed by atoms with E-state index < -0.39 is 100 Å². The normalized spacial score (nSPS) is 15.0. The predicted molar refractivity (Wildman–Crippen MR) is 222 cm³/mol. The fourth-order valence-corrected chi connectivity index (χ4v) is 8.55. The van der Waals surface area contributed by atoms with Gasteiger partial charge in [0, 0.05) is 31.8 Å². The number of rotatable bonds is 21. The maximum absolute atomic E-state index is 15.6. The second-order valence-electron chi connectivity index (χ2n) is 16.8. The molecule has 0 aliphatic heterocycles. The van der Waals surface area contributed by atoms with E-state index in [0.717, 1.165) is 24.8 Å². The average molecular weight is 907 g/mol. The molecule has 1 aliphatic carbocycles. The van der Waals surface area contributed by atoms with Crippen LogP contribution in [0, 0.1) is 17.5 Å². The largest absolute Gasteiger partial charge is 0.488 e. The van der Waals surface area contributed by atoms with E-state index in [0.29, 0.717) is 31.4 Å². The molecule has 61 heavy (non-hydrogen) atoms. The monoisotopic (exact) mass is 906 g/mol. The molecule has 1 saturated carbocycles. The van der Waals surface area contributed by atoms with Crippen molar-refractivity contribution >= 4 is 43.3 Å². The maximum Gasteiger partial charge on any atom is 0.329 e. The van der Waals surface area contributed by atoms with Crippen molar-refractivity contribution in [3.8, 4) is 5.75 Å². The molecule has 1 fully saturated rings. The van der Waals surface area contributed by atoms with E-state index in [1.807, 2.05) is 32.9 Å². The van der Waals surface area contributed by atoms with Crippen LogP contribution in [0.5, 0.6) is 5.75 Å². The number of anilines is 1. The number of sulfone groups is 1. The highest BCUT2D eigenvalue weighted by atomic mass is 32.2. The van der Waals surface area contributed by atoms with E-state index in [-0.39, 0.29) is 51.4 Å². The zero-order valence-electron chi connectivity index (χ0n) is 35.8. The van der Waals surface area contributed by atoms with Crippen molar-refractivity contribution in [3.05, 3.63) is 47.3 Å². The first kappa shape index (κ1) is 51.4. The molecule has 15 nitrogen and oxygen atoms in total. The van der Waals surface area contributed by atoms with Crippen LogP contribution in [-0.4, -0.2) is 96.6 Å². The molecule has 2 aromatic rings. The van der Waals surface area contributed by atoms with Crippen LogP contribution in [0.2, 0.25) is 0 Å². The van der Waals surface area contributed by atoms with Crippen molar-refractivity contribution < 1.29 is 63.3 Å². The van der Waals surface area contributed by atoms with Crippen LogP contribution in [0.1, 0.15) is 105 Å². The number of carbonyl (C=O) groups excluding carboxylic acids is 3. The fourth-order valence-electron chi connectivity index (χ4n) is 6.38. The Balaban J connectivity index is 1.45. The van der Waals surface area contributed by atoms with Gasteiger partial charge in [-0.3, -0.25) is 9.59 Å². The Morgan fingerprint density at radius 1 is 0.754 bits per heavy atom. The van der Waals surface area contributed by atoms with Gasteiger partial charge in [0.1, 0.15) is 27.9 Å². The highest BCUT2D eigenvalue weighted by molar-refractivity contribution is 7.91. The van der Waals surface area contributed by atoms with Crippen LogP contribution in [0.4, 0.5) is 18.9 Å². The number of esters is 1. The van der Waals surface area contributed by atoms with Gasteiger partial charge >= 0.3 is 5.97 Å². The summed E-state index contributed by atoms with van der Waals surface area (Å²) < 4.78 is 119. The lowest BCUT2D eigenvalue weighted by Crippen LogP contribution is -2.45. The molecule has 0 bridgehead atoms. The standard InChI is InChI=1S/C41H61F3N4O11S2/c1-40(2,3)58-29-16-14-27(15-17-29)26-30(39(51)59-41(4,5)6)48-32(50)18-21-56-23-24-57-22-20-46-31(49)19-25-60(52,53)38-34(43)33(42)37(61(45,54)55)35(44)36(38)47-28-12-10-8-7-9-11-13-28/h14-17,28,30,47H,7-13,18-26H2,1-6H3,(H,46,49)(H,48,50)(H2,45,54,55)/t30-/m0/s1. The number of halogens is 3. The summed E-state index contributed by atoms with van der Waals surface area (Å²) >= 11 is 0. The summed E-state index contributed by atoms with van der Waals surface area (Å²) in [7, 11) is -10.0. The van der Waals surface area contributed by atoms with Crippen LogP contribution in [0.3, 0.4) is 0 Å². The van der Waals surface area contributed by atoms with Crippen LogP contribution < -0.4 is 25.8 Å². The minimum Gasteiger partial charge on any atom is -0.488 e. The molecule has 3 rings (SSSR count). The number of nitrogens with one attached hydrogen (secondary N) is 3. The number of ether oxygens (including phenoxy) is 4. The molecular formula is C41H61F3N4O11S2. The van der Waals surface area contributed by atoms with Crippen molar-refractivity contribution in [1.29, 1.82) is 0 Å². The van der Waals surface area contributed by atoms with Gasteiger partial charge in [-0.25, -0.2) is 39.9 Å². The number of hydrogen-bond donors (Lipinski definition) is 4. The van der Waals surface area contributed by atoms with Gasteiger partial charge < -0.3 is 34.9 Å².